The maximum Gasteiger partial charge on any atom is 0.432 e. The summed E-state index contributed by atoms with van der Waals surface area (Å²) in [7, 11) is 0. The first-order valence-corrected chi connectivity index (χ1v) is 9.77. The molecule has 0 amide bonds. The van der Waals surface area contributed by atoms with E-state index in [4.69, 9.17) is 0 Å². The lowest BCUT2D eigenvalue weighted by atomic mass is 9.66. The van der Waals surface area contributed by atoms with Crippen LogP contribution < -0.4 is 5.32 Å². The second kappa shape index (κ2) is 8.56. The van der Waals surface area contributed by atoms with Gasteiger partial charge in [-0.25, -0.2) is 5.32 Å². The maximum atomic E-state index is 13.9. The van der Waals surface area contributed by atoms with Crippen molar-refractivity contribution in [3.8, 4) is 0 Å². The number of carbonyl (C=O) groups excluding carboxylic acids is 2. The van der Waals surface area contributed by atoms with Crippen molar-refractivity contribution in [1.29, 1.82) is 0 Å². The van der Waals surface area contributed by atoms with E-state index in [0.29, 0.717) is 11.3 Å². The van der Waals surface area contributed by atoms with Gasteiger partial charge in [-0.3, -0.25) is 9.59 Å². The standard InChI is InChI=1S/C17H19F6NO6S/c1-3-29-12(25)10-9(8-6-5-7-31-8)11(13(26)30-4-2)15(28,17(21,22)23)24-14(10,27)16(18,19)20/h5-7,9-11,24,27-28H,3-4H2,1-2H3/t9?,10-,11-,14-,15+/m0/s1. The smallest absolute Gasteiger partial charge is 0.432 e. The Kier molecular flexibility index (Phi) is 7.00. The van der Waals surface area contributed by atoms with Gasteiger partial charge in [-0.15, -0.1) is 11.3 Å². The number of piperidine rings is 1. The van der Waals surface area contributed by atoms with Crippen molar-refractivity contribution in [2.75, 3.05) is 13.2 Å². The molecule has 1 aliphatic rings. The minimum Gasteiger partial charge on any atom is -0.466 e. The van der Waals surface area contributed by atoms with Gasteiger partial charge in [-0.05, 0) is 25.3 Å². The van der Waals surface area contributed by atoms with Crippen LogP contribution in [-0.4, -0.2) is 59.2 Å². The third-order valence-corrected chi connectivity index (χ3v) is 5.79. The lowest BCUT2D eigenvalue weighted by Gasteiger charge is -2.53. The number of nitrogens with one attached hydrogen (secondary N) is 1. The molecule has 0 bridgehead atoms. The molecule has 1 aromatic heterocycles. The summed E-state index contributed by atoms with van der Waals surface area (Å²) in [6.07, 6.45) is -11.8. The number of thiophene rings is 1. The van der Waals surface area contributed by atoms with Gasteiger partial charge in [0.25, 0.3) is 0 Å². The number of rotatable bonds is 5. The summed E-state index contributed by atoms with van der Waals surface area (Å²) in [5, 5.41) is 22.8. The topological polar surface area (TPSA) is 105 Å². The predicted octanol–water partition coefficient (Wildman–Crippen LogP) is 2.30. The van der Waals surface area contributed by atoms with E-state index in [-0.39, 0.29) is 4.88 Å². The van der Waals surface area contributed by atoms with Crippen molar-refractivity contribution < 1.29 is 55.6 Å². The zero-order valence-corrected chi connectivity index (χ0v) is 16.9. The zero-order chi connectivity index (χ0) is 23.8. The molecule has 0 saturated carbocycles. The van der Waals surface area contributed by atoms with Crippen LogP contribution in [0.3, 0.4) is 0 Å². The van der Waals surface area contributed by atoms with Crippen LogP contribution in [0, 0.1) is 11.8 Å². The van der Waals surface area contributed by atoms with Crippen molar-refractivity contribution in [2.45, 2.75) is 43.6 Å². The Morgan fingerprint density at radius 2 is 1.42 bits per heavy atom. The molecule has 0 aliphatic carbocycles. The highest BCUT2D eigenvalue weighted by atomic mass is 32.1. The Hall–Kier alpha value is -1.90. The summed E-state index contributed by atoms with van der Waals surface area (Å²) in [4.78, 5) is 24.7. The van der Waals surface area contributed by atoms with E-state index < -0.39 is 66.7 Å². The van der Waals surface area contributed by atoms with Crippen LogP contribution in [0.2, 0.25) is 0 Å². The Balaban J connectivity index is 2.89. The average molecular weight is 479 g/mol. The molecule has 0 spiro atoms. The Bertz CT molecular complexity index is 752. The minimum atomic E-state index is -5.89. The molecule has 14 heteroatoms. The SMILES string of the molecule is CCOC(=O)[C@@H]1C(c2cccs2)[C@@H](C(=O)OCC)[C@](O)(C(F)(F)F)N[C@]1(O)C(F)(F)F. The van der Waals surface area contributed by atoms with Gasteiger partial charge in [-0.1, -0.05) is 6.07 Å². The third kappa shape index (κ3) is 4.25. The number of carbonyl (C=O) groups is 2. The van der Waals surface area contributed by atoms with Crippen LogP contribution in [0.1, 0.15) is 24.6 Å². The van der Waals surface area contributed by atoms with Gasteiger partial charge >= 0.3 is 24.3 Å². The average Bonchev–Trinajstić information content (AvgIpc) is 3.13. The van der Waals surface area contributed by atoms with Gasteiger partial charge in [0.05, 0.1) is 13.2 Å². The molecule has 2 rings (SSSR count). The highest BCUT2D eigenvalue weighted by molar-refractivity contribution is 7.10. The first-order valence-electron chi connectivity index (χ1n) is 8.89. The quantitative estimate of drug-likeness (QED) is 0.440. The van der Waals surface area contributed by atoms with E-state index >= 15 is 0 Å². The van der Waals surface area contributed by atoms with Gasteiger partial charge in [0.15, 0.2) is 0 Å². The van der Waals surface area contributed by atoms with Crippen LogP contribution in [-0.2, 0) is 19.1 Å². The van der Waals surface area contributed by atoms with Crippen LogP contribution >= 0.6 is 11.3 Å². The maximum absolute atomic E-state index is 13.9. The fourth-order valence-corrected chi connectivity index (χ4v) is 4.46. The number of aliphatic hydroxyl groups is 2. The van der Waals surface area contributed by atoms with E-state index in [9.17, 15) is 46.1 Å². The first kappa shape index (κ1) is 25.4. The lowest BCUT2D eigenvalue weighted by molar-refractivity contribution is -0.376. The summed E-state index contributed by atoms with van der Waals surface area (Å²) in [6.45, 7) is 1.54. The number of hydrogen-bond donors (Lipinski definition) is 3. The van der Waals surface area contributed by atoms with Gasteiger partial charge < -0.3 is 19.7 Å². The van der Waals surface area contributed by atoms with Crippen molar-refractivity contribution >= 4 is 23.3 Å². The summed E-state index contributed by atoms with van der Waals surface area (Å²) < 4.78 is 92.5. The molecule has 3 N–H and O–H groups in total. The highest BCUT2D eigenvalue weighted by Crippen LogP contribution is 2.56. The number of halogens is 6. The number of ether oxygens (including phenoxy) is 2. The molecule has 1 aromatic rings. The van der Waals surface area contributed by atoms with Crippen molar-refractivity contribution in [3.63, 3.8) is 0 Å². The normalized spacial score (nSPS) is 31.9. The van der Waals surface area contributed by atoms with Crippen LogP contribution in [0.5, 0.6) is 0 Å². The second-order valence-electron chi connectivity index (χ2n) is 6.65. The van der Waals surface area contributed by atoms with Crippen LogP contribution in [0.15, 0.2) is 17.5 Å². The molecule has 1 unspecified atom stereocenters. The molecule has 31 heavy (non-hydrogen) atoms. The van der Waals surface area contributed by atoms with E-state index in [0.717, 1.165) is 11.4 Å². The first-order chi connectivity index (χ1) is 14.2. The molecular formula is C17H19F6NO6S. The Labute approximate surface area is 175 Å². The third-order valence-electron chi connectivity index (χ3n) is 4.82. The highest BCUT2D eigenvalue weighted by Gasteiger charge is 2.78. The summed E-state index contributed by atoms with van der Waals surface area (Å²) in [6, 6.07) is 2.33. The molecule has 1 aliphatic heterocycles. The van der Waals surface area contributed by atoms with Crippen molar-refractivity contribution in [1.82, 2.24) is 5.32 Å². The van der Waals surface area contributed by atoms with E-state index in [1.165, 1.54) is 25.3 Å². The lowest BCUT2D eigenvalue weighted by Crippen LogP contribution is -2.81. The van der Waals surface area contributed by atoms with Crippen LogP contribution in [0.4, 0.5) is 26.3 Å². The minimum absolute atomic E-state index is 0.303. The van der Waals surface area contributed by atoms with Gasteiger partial charge in [-0.2, -0.15) is 26.3 Å². The largest absolute Gasteiger partial charge is 0.466 e. The second-order valence-corrected chi connectivity index (χ2v) is 7.63. The Morgan fingerprint density at radius 1 is 1.00 bits per heavy atom. The molecular weight excluding hydrogens is 460 g/mol. The fourth-order valence-electron chi connectivity index (χ4n) is 3.56. The zero-order valence-electron chi connectivity index (χ0n) is 16.1. The number of esters is 2. The molecule has 2 heterocycles. The summed E-state index contributed by atoms with van der Waals surface area (Å²) in [5.41, 5.74) is -9.19. The fraction of sp³-hybridized carbons (Fsp3) is 0.647. The van der Waals surface area contributed by atoms with Crippen molar-refractivity contribution in [2.24, 2.45) is 11.8 Å². The monoisotopic (exact) mass is 479 g/mol. The van der Waals surface area contributed by atoms with Gasteiger partial charge in [0.1, 0.15) is 11.8 Å². The summed E-state index contributed by atoms with van der Waals surface area (Å²) in [5.74, 6) is -11.3. The molecule has 0 aromatic carbocycles. The molecule has 0 radical (unpaired) electrons. The van der Waals surface area contributed by atoms with Crippen molar-refractivity contribution in [3.05, 3.63) is 22.4 Å². The Morgan fingerprint density at radius 3 is 1.71 bits per heavy atom. The molecule has 1 fully saturated rings. The van der Waals surface area contributed by atoms with E-state index in [2.05, 4.69) is 9.47 Å². The van der Waals surface area contributed by atoms with Crippen LogP contribution in [0.25, 0.3) is 0 Å². The van der Waals surface area contributed by atoms with E-state index in [1.807, 2.05) is 0 Å². The number of hydrogen-bond acceptors (Lipinski definition) is 8. The predicted molar refractivity (Wildman–Crippen MR) is 92.5 cm³/mol. The molecule has 7 nitrogen and oxygen atoms in total. The molecule has 5 atom stereocenters. The van der Waals surface area contributed by atoms with Gasteiger partial charge in [0, 0.05) is 10.8 Å². The number of alkyl halides is 6. The van der Waals surface area contributed by atoms with Gasteiger partial charge in [0.2, 0.25) is 11.4 Å². The molecule has 1 saturated heterocycles. The summed E-state index contributed by atoms with van der Waals surface area (Å²) >= 11 is 0.630. The molecule has 176 valence electrons. The van der Waals surface area contributed by atoms with E-state index in [1.54, 1.807) is 0 Å².